The van der Waals surface area contributed by atoms with E-state index in [1.165, 1.54) is 12.1 Å². The van der Waals surface area contributed by atoms with Crippen LogP contribution in [-0.4, -0.2) is 28.7 Å². The Morgan fingerprint density at radius 2 is 1.93 bits per heavy atom. The molecule has 0 bridgehead atoms. The van der Waals surface area contributed by atoms with Gasteiger partial charge in [0.1, 0.15) is 17.4 Å². The molecule has 1 aromatic heterocycles. The summed E-state index contributed by atoms with van der Waals surface area (Å²) in [6, 6.07) is 13.4. The summed E-state index contributed by atoms with van der Waals surface area (Å²) in [7, 11) is 0. The Hall–Kier alpha value is -3.35. The van der Waals surface area contributed by atoms with Gasteiger partial charge >= 0.3 is 6.03 Å². The number of benzene rings is 2. The van der Waals surface area contributed by atoms with Crippen molar-refractivity contribution in [1.82, 2.24) is 14.9 Å². The van der Waals surface area contributed by atoms with Crippen LogP contribution in [0.25, 0.3) is 0 Å². The Kier molecular flexibility index (Phi) is 6.84. The number of ether oxygens (including phenoxy) is 1. The van der Waals surface area contributed by atoms with Crippen LogP contribution < -0.4 is 15.4 Å². The molecule has 0 aliphatic heterocycles. The number of carbonyl (C=O) groups excluding carboxylic acids is 1. The zero-order valence-electron chi connectivity index (χ0n) is 16.6. The highest BCUT2D eigenvalue weighted by Gasteiger charge is 2.10. The van der Waals surface area contributed by atoms with Crippen LogP contribution in [0.2, 0.25) is 0 Å². The Morgan fingerprint density at radius 1 is 1.17 bits per heavy atom. The average Bonchev–Trinajstić information content (AvgIpc) is 3.05. The van der Waals surface area contributed by atoms with Crippen LogP contribution in [0.15, 0.2) is 54.7 Å². The minimum absolute atomic E-state index is 0.252. The van der Waals surface area contributed by atoms with Gasteiger partial charge in [-0.3, -0.25) is 0 Å². The summed E-state index contributed by atoms with van der Waals surface area (Å²) in [5.41, 5.74) is 2.63. The molecule has 2 N–H and O–H groups in total. The molecule has 0 aliphatic rings. The lowest BCUT2D eigenvalue weighted by Crippen LogP contribution is -2.31. The first kappa shape index (κ1) is 20.4. The van der Waals surface area contributed by atoms with Crippen LogP contribution in [0.3, 0.4) is 0 Å². The lowest BCUT2D eigenvalue weighted by Gasteiger charge is -2.13. The van der Waals surface area contributed by atoms with Gasteiger partial charge in [-0.2, -0.15) is 0 Å². The van der Waals surface area contributed by atoms with Gasteiger partial charge in [0.2, 0.25) is 0 Å². The molecule has 7 heteroatoms. The normalized spacial score (nSPS) is 10.6. The van der Waals surface area contributed by atoms with E-state index in [0.29, 0.717) is 37.6 Å². The van der Waals surface area contributed by atoms with E-state index in [9.17, 15) is 9.18 Å². The van der Waals surface area contributed by atoms with Crippen LogP contribution in [0.1, 0.15) is 24.0 Å². The van der Waals surface area contributed by atoms with Gasteiger partial charge in [0.15, 0.2) is 0 Å². The highest BCUT2D eigenvalue weighted by atomic mass is 19.1. The van der Waals surface area contributed by atoms with Gasteiger partial charge < -0.3 is 19.9 Å². The molecule has 0 saturated carbocycles. The zero-order chi connectivity index (χ0) is 20.6. The van der Waals surface area contributed by atoms with Crippen molar-refractivity contribution in [1.29, 1.82) is 0 Å². The molecule has 0 fully saturated rings. The topological polar surface area (TPSA) is 68.2 Å². The van der Waals surface area contributed by atoms with Gasteiger partial charge in [-0.25, -0.2) is 14.2 Å². The first-order valence-corrected chi connectivity index (χ1v) is 9.59. The average molecular weight is 396 g/mol. The number of nitrogens with one attached hydrogen (secondary N) is 2. The Morgan fingerprint density at radius 3 is 2.69 bits per heavy atom. The predicted molar refractivity (Wildman–Crippen MR) is 111 cm³/mol. The second kappa shape index (κ2) is 9.73. The standard InChI is InChI=1S/C22H25FN4O2/c1-3-29-20-7-5-4-6-19(20)26-22(28)24-13-12-21-25-14-16(2)27(21)15-17-8-10-18(23)11-9-17/h4-11,14H,3,12-13,15H2,1-2H3,(H2,24,26,28). The largest absolute Gasteiger partial charge is 0.492 e. The molecule has 152 valence electrons. The first-order valence-electron chi connectivity index (χ1n) is 9.59. The third-order valence-corrected chi connectivity index (χ3v) is 4.46. The minimum Gasteiger partial charge on any atom is -0.492 e. The fourth-order valence-corrected chi connectivity index (χ4v) is 3.00. The highest BCUT2D eigenvalue weighted by molar-refractivity contribution is 5.90. The van der Waals surface area contributed by atoms with E-state index >= 15 is 0 Å². The zero-order valence-corrected chi connectivity index (χ0v) is 16.6. The maximum Gasteiger partial charge on any atom is 0.319 e. The quantitative estimate of drug-likeness (QED) is 0.601. The summed E-state index contributed by atoms with van der Waals surface area (Å²) in [6.07, 6.45) is 2.38. The second-order valence-electron chi connectivity index (χ2n) is 6.59. The number of aromatic nitrogens is 2. The fraction of sp³-hybridized carbons (Fsp3) is 0.273. The Labute approximate surface area is 169 Å². The summed E-state index contributed by atoms with van der Waals surface area (Å²) >= 11 is 0. The molecule has 0 spiro atoms. The SMILES string of the molecule is CCOc1ccccc1NC(=O)NCCc1ncc(C)n1Cc1ccc(F)cc1. The third-order valence-electron chi connectivity index (χ3n) is 4.46. The molecule has 2 amide bonds. The molecule has 2 aromatic carbocycles. The van der Waals surface area contributed by atoms with Crippen molar-refractivity contribution < 1.29 is 13.9 Å². The molecule has 0 atom stereocenters. The van der Waals surface area contributed by atoms with E-state index in [-0.39, 0.29) is 11.8 Å². The summed E-state index contributed by atoms with van der Waals surface area (Å²) in [5.74, 6) is 1.25. The van der Waals surface area contributed by atoms with Crippen molar-refractivity contribution in [3.8, 4) is 5.75 Å². The summed E-state index contributed by atoms with van der Waals surface area (Å²) in [4.78, 5) is 16.7. The first-order chi connectivity index (χ1) is 14.1. The molecule has 0 radical (unpaired) electrons. The van der Waals surface area contributed by atoms with Gasteiger partial charge in [0, 0.05) is 31.4 Å². The van der Waals surface area contributed by atoms with Gasteiger partial charge in [-0.05, 0) is 43.7 Å². The Bertz CT molecular complexity index is 954. The van der Waals surface area contributed by atoms with Crippen molar-refractivity contribution >= 4 is 11.7 Å². The summed E-state index contributed by atoms with van der Waals surface area (Å²) in [5, 5.41) is 5.66. The van der Waals surface area contributed by atoms with Crippen LogP contribution in [0, 0.1) is 12.7 Å². The molecule has 1 heterocycles. The number of hydrogen-bond acceptors (Lipinski definition) is 3. The number of rotatable bonds is 8. The maximum atomic E-state index is 13.1. The van der Waals surface area contributed by atoms with Crippen molar-refractivity contribution in [2.75, 3.05) is 18.5 Å². The second-order valence-corrected chi connectivity index (χ2v) is 6.59. The molecule has 0 unspecified atom stereocenters. The number of anilines is 1. The molecular formula is C22H25FN4O2. The monoisotopic (exact) mass is 396 g/mol. The molecule has 29 heavy (non-hydrogen) atoms. The molecular weight excluding hydrogens is 371 g/mol. The third kappa shape index (κ3) is 5.57. The maximum absolute atomic E-state index is 13.1. The lowest BCUT2D eigenvalue weighted by atomic mass is 10.2. The number of halogens is 1. The van der Waals surface area contributed by atoms with E-state index in [2.05, 4.69) is 20.2 Å². The lowest BCUT2D eigenvalue weighted by molar-refractivity contribution is 0.252. The van der Waals surface area contributed by atoms with Crippen LogP contribution in [0.4, 0.5) is 14.9 Å². The van der Waals surface area contributed by atoms with E-state index in [1.807, 2.05) is 32.0 Å². The fourth-order valence-electron chi connectivity index (χ4n) is 3.00. The van der Waals surface area contributed by atoms with Gasteiger partial charge in [-0.1, -0.05) is 24.3 Å². The van der Waals surface area contributed by atoms with Gasteiger partial charge in [0.05, 0.1) is 12.3 Å². The van der Waals surface area contributed by atoms with Gasteiger partial charge in [0.25, 0.3) is 0 Å². The number of imidazole rings is 1. The van der Waals surface area contributed by atoms with Gasteiger partial charge in [-0.15, -0.1) is 0 Å². The van der Waals surface area contributed by atoms with Crippen molar-refractivity contribution in [2.45, 2.75) is 26.8 Å². The van der Waals surface area contributed by atoms with Crippen molar-refractivity contribution in [3.63, 3.8) is 0 Å². The predicted octanol–water partition coefficient (Wildman–Crippen LogP) is 4.14. The molecule has 3 rings (SSSR count). The number of nitrogens with zero attached hydrogens (tertiary/aromatic N) is 2. The van der Waals surface area contributed by atoms with E-state index in [0.717, 1.165) is 17.1 Å². The summed E-state index contributed by atoms with van der Waals surface area (Å²) in [6.45, 7) is 5.44. The number of para-hydroxylation sites is 2. The van der Waals surface area contributed by atoms with E-state index in [4.69, 9.17) is 4.74 Å². The minimum atomic E-state index is -0.300. The van der Waals surface area contributed by atoms with E-state index < -0.39 is 0 Å². The molecule has 0 aliphatic carbocycles. The number of carbonyl (C=O) groups is 1. The van der Waals surface area contributed by atoms with Crippen LogP contribution in [0.5, 0.6) is 5.75 Å². The van der Waals surface area contributed by atoms with Crippen molar-refractivity contribution in [3.05, 3.63) is 77.6 Å². The number of aryl methyl sites for hydroxylation is 1. The molecule has 0 saturated heterocycles. The molecule has 6 nitrogen and oxygen atoms in total. The van der Waals surface area contributed by atoms with Crippen molar-refractivity contribution in [2.24, 2.45) is 0 Å². The van der Waals surface area contributed by atoms with E-state index in [1.54, 1.807) is 24.4 Å². The summed E-state index contributed by atoms with van der Waals surface area (Å²) < 4.78 is 20.7. The van der Waals surface area contributed by atoms with Crippen LogP contribution in [-0.2, 0) is 13.0 Å². The number of amides is 2. The molecule has 3 aromatic rings. The smallest absolute Gasteiger partial charge is 0.319 e. The Balaban J connectivity index is 1.56. The highest BCUT2D eigenvalue weighted by Crippen LogP contribution is 2.23. The number of urea groups is 1. The number of hydrogen-bond donors (Lipinski definition) is 2. The van der Waals surface area contributed by atoms with Crippen LogP contribution >= 0.6 is 0 Å².